The molecular formula is C11H22N2O3. The predicted octanol–water partition coefficient (Wildman–Crippen LogP) is 0.348. The Labute approximate surface area is 97.3 Å². The van der Waals surface area contributed by atoms with E-state index in [0.717, 1.165) is 0 Å². The number of nitrogens with zero attached hydrogens (tertiary/aromatic N) is 2. The zero-order valence-corrected chi connectivity index (χ0v) is 10.8. The minimum Gasteiger partial charge on any atom is -0.468 e. The van der Waals surface area contributed by atoms with Gasteiger partial charge in [0.1, 0.15) is 6.04 Å². The highest BCUT2D eigenvalue weighted by atomic mass is 16.5. The highest BCUT2D eigenvalue weighted by molar-refractivity contribution is 5.78. The van der Waals surface area contributed by atoms with Gasteiger partial charge in [0, 0.05) is 26.6 Å². The molecule has 1 unspecified atom stereocenters. The Morgan fingerprint density at radius 3 is 2.25 bits per heavy atom. The van der Waals surface area contributed by atoms with Crippen molar-refractivity contribution < 1.29 is 14.3 Å². The molecule has 1 heterocycles. The molecule has 94 valence electrons. The standard InChI is InChI=1S/C9H16N2O3.C2H6/c1-7(12)11-5-4-10(2)8(6-11)9(13)14-3;1-2/h8H,4-6H2,1-3H3;1-2H3. The van der Waals surface area contributed by atoms with Crippen LogP contribution < -0.4 is 0 Å². The lowest BCUT2D eigenvalue weighted by Gasteiger charge is -2.37. The Bertz CT molecular complexity index is 243. The molecule has 0 spiro atoms. The molecule has 0 bridgehead atoms. The Morgan fingerprint density at radius 1 is 1.25 bits per heavy atom. The van der Waals surface area contributed by atoms with Gasteiger partial charge in [-0.25, -0.2) is 0 Å². The number of carbonyl (C=O) groups excluding carboxylic acids is 2. The smallest absolute Gasteiger partial charge is 0.324 e. The van der Waals surface area contributed by atoms with Crippen molar-refractivity contribution in [1.29, 1.82) is 0 Å². The lowest BCUT2D eigenvalue weighted by molar-refractivity contribution is -0.150. The van der Waals surface area contributed by atoms with Gasteiger partial charge in [0.05, 0.1) is 7.11 Å². The van der Waals surface area contributed by atoms with Crippen molar-refractivity contribution in [2.45, 2.75) is 26.8 Å². The zero-order chi connectivity index (χ0) is 12.7. The Hall–Kier alpha value is -1.10. The molecule has 0 radical (unpaired) electrons. The van der Waals surface area contributed by atoms with Crippen molar-refractivity contribution in [3.8, 4) is 0 Å². The molecule has 1 amide bonds. The second-order valence-corrected chi connectivity index (χ2v) is 3.48. The summed E-state index contributed by atoms with van der Waals surface area (Å²) >= 11 is 0. The first kappa shape index (κ1) is 14.9. The first-order chi connectivity index (χ1) is 7.56. The fourth-order valence-electron chi connectivity index (χ4n) is 1.55. The van der Waals surface area contributed by atoms with Gasteiger partial charge in [-0.2, -0.15) is 0 Å². The van der Waals surface area contributed by atoms with Gasteiger partial charge in [-0.1, -0.05) is 13.8 Å². The lowest BCUT2D eigenvalue weighted by atomic mass is 10.2. The monoisotopic (exact) mass is 230 g/mol. The van der Waals surface area contributed by atoms with E-state index in [2.05, 4.69) is 4.74 Å². The molecule has 0 aromatic heterocycles. The number of ether oxygens (including phenoxy) is 1. The summed E-state index contributed by atoms with van der Waals surface area (Å²) in [5.74, 6) is -0.273. The Kier molecular flexibility index (Phi) is 6.72. The van der Waals surface area contributed by atoms with Crippen LogP contribution in [0.4, 0.5) is 0 Å². The van der Waals surface area contributed by atoms with Crippen molar-refractivity contribution in [1.82, 2.24) is 9.80 Å². The average Bonchev–Trinajstić information content (AvgIpc) is 2.31. The van der Waals surface area contributed by atoms with Crippen molar-refractivity contribution in [2.24, 2.45) is 0 Å². The van der Waals surface area contributed by atoms with E-state index < -0.39 is 0 Å². The van der Waals surface area contributed by atoms with E-state index in [9.17, 15) is 9.59 Å². The summed E-state index contributed by atoms with van der Waals surface area (Å²) in [6.07, 6.45) is 0. The molecule has 0 N–H and O–H groups in total. The van der Waals surface area contributed by atoms with Gasteiger partial charge in [-0.15, -0.1) is 0 Å². The lowest BCUT2D eigenvalue weighted by Crippen LogP contribution is -2.56. The summed E-state index contributed by atoms with van der Waals surface area (Å²) in [7, 11) is 3.22. The number of rotatable bonds is 1. The maximum absolute atomic E-state index is 11.3. The number of amides is 1. The number of methoxy groups -OCH3 is 1. The molecule has 1 aliphatic rings. The summed E-state index contributed by atoms with van der Waals surface area (Å²) in [4.78, 5) is 26.0. The molecule has 1 atom stereocenters. The van der Waals surface area contributed by atoms with Crippen LogP contribution in [0.3, 0.4) is 0 Å². The van der Waals surface area contributed by atoms with Crippen molar-refractivity contribution in [2.75, 3.05) is 33.8 Å². The Balaban J connectivity index is 0.00000106. The van der Waals surface area contributed by atoms with Crippen LogP contribution in [0.5, 0.6) is 0 Å². The normalized spacial score (nSPS) is 20.8. The van der Waals surface area contributed by atoms with Crippen LogP contribution in [0.25, 0.3) is 0 Å². The minimum absolute atomic E-state index is 0.00648. The van der Waals surface area contributed by atoms with Gasteiger partial charge in [-0.05, 0) is 7.05 Å². The average molecular weight is 230 g/mol. The summed E-state index contributed by atoms with van der Waals surface area (Å²) in [5.41, 5.74) is 0. The molecule has 0 aromatic carbocycles. The molecule has 1 saturated heterocycles. The predicted molar refractivity (Wildman–Crippen MR) is 62.0 cm³/mol. The van der Waals surface area contributed by atoms with Gasteiger partial charge in [0.2, 0.25) is 5.91 Å². The molecular weight excluding hydrogens is 208 g/mol. The fourth-order valence-corrected chi connectivity index (χ4v) is 1.55. The summed E-state index contributed by atoms with van der Waals surface area (Å²) in [5, 5.41) is 0. The third-order valence-corrected chi connectivity index (χ3v) is 2.57. The zero-order valence-electron chi connectivity index (χ0n) is 10.8. The van der Waals surface area contributed by atoms with E-state index in [0.29, 0.717) is 19.6 Å². The van der Waals surface area contributed by atoms with E-state index in [1.807, 2.05) is 25.8 Å². The second kappa shape index (κ2) is 7.22. The largest absolute Gasteiger partial charge is 0.468 e. The van der Waals surface area contributed by atoms with Crippen LogP contribution in [-0.2, 0) is 14.3 Å². The number of hydrogen-bond acceptors (Lipinski definition) is 4. The highest BCUT2D eigenvalue weighted by Gasteiger charge is 2.31. The fraction of sp³-hybridized carbons (Fsp3) is 0.818. The molecule has 5 nitrogen and oxygen atoms in total. The van der Waals surface area contributed by atoms with Crippen LogP contribution in [0.1, 0.15) is 20.8 Å². The molecule has 0 saturated carbocycles. The van der Waals surface area contributed by atoms with E-state index in [1.54, 1.807) is 4.90 Å². The first-order valence-corrected chi connectivity index (χ1v) is 5.60. The van der Waals surface area contributed by atoms with Crippen LogP contribution >= 0.6 is 0 Å². The van der Waals surface area contributed by atoms with Crippen LogP contribution in [0, 0.1) is 0 Å². The summed E-state index contributed by atoms with van der Waals surface area (Å²) < 4.78 is 4.67. The van der Waals surface area contributed by atoms with Gasteiger partial charge < -0.3 is 9.64 Å². The third kappa shape index (κ3) is 3.81. The van der Waals surface area contributed by atoms with Crippen molar-refractivity contribution in [3.05, 3.63) is 0 Å². The van der Waals surface area contributed by atoms with Crippen LogP contribution in [0.2, 0.25) is 0 Å². The molecule has 16 heavy (non-hydrogen) atoms. The molecule has 0 aromatic rings. The van der Waals surface area contributed by atoms with E-state index in [1.165, 1.54) is 14.0 Å². The van der Waals surface area contributed by atoms with Gasteiger partial charge in [-0.3, -0.25) is 14.5 Å². The summed E-state index contributed by atoms with van der Waals surface area (Å²) in [6, 6.07) is -0.322. The highest BCUT2D eigenvalue weighted by Crippen LogP contribution is 2.08. The van der Waals surface area contributed by atoms with Crippen molar-refractivity contribution >= 4 is 11.9 Å². The molecule has 1 rings (SSSR count). The number of piperazine rings is 1. The van der Waals surface area contributed by atoms with Gasteiger partial charge >= 0.3 is 5.97 Å². The van der Waals surface area contributed by atoms with E-state index in [4.69, 9.17) is 0 Å². The first-order valence-electron chi connectivity index (χ1n) is 5.60. The molecule has 1 fully saturated rings. The summed E-state index contributed by atoms with van der Waals surface area (Å²) in [6.45, 7) is 7.33. The minimum atomic E-state index is -0.322. The van der Waals surface area contributed by atoms with Crippen molar-refractivity contribution in [3.63, 3.8) is 0 Å². The molecule has 0 aliphatic carbocycles. The maximum Gasteiger partial charge on any atom is 0.324 e. The SMILES string of the molecule is CC.COC(=O)C1CN(C(C)=O)CCN1C. The quantitative estimate of drug-likeness (QED) is 0.610. The second-order valence-electron chi connectivity index (χ2n) is 3.48. The van der Waals surface area contributed by atoms with E-state index in [-0.39, 0.29) is 17.9 Å². The van der Waals surface area contributed by atoms with E-state index >= 15 is 0 Å². The maximum atomic E-state index is 11.3. The Morgan fingerprint density at radius 2 is 1.81 bits per heavy atom. The number of esters is 1. The molecule has 5 heteroatoms. The molecule has 1 aliphatic heterocycles. The number of hydrogen-bond donors (Lipinski definition) is 0. The number of carbonyl (C=O) groups is 2. The van der Waals surface area contributed by atoms with Gasteiger partial charge in [0.15, 0.2) is 0 Å². The van der Waals surface area contributed by atoms with Gasteiger partial charge in [0.25, 0.3) is 0 Å². The third-order valence-electron chi connectivity index (χ3n) is 2.57. The number of likely N-dealkylation sites (N-methyl/N-ethyl adjacent to an activating group) is 1. The topological polar surface area (TPSA) is 49.9 Å². The van der Waals surface area contributed by atoms with Crippen LogP contribution in [-0.4, -0.2) is 61.5 Å². The van der Waals surface area contributed by atoms with Crippen LogP contribution in [0.15, 0.2) is 0 Å².